The van der Waals surface area contributed by atoms with Crippen molar-refractivity contribution in [3.8, 4) is 11.1 Å². The lowest BCUT2D eigenvalue weighted by Gasteiger charge is -2.11. The maximum Gasteiger partial charge on any atom is 0.134 e. The quantitative estimate of drug-likeness (QED) is 0.278. The third-order valence-electron chi connectivity index (χ3n) is 5.56. The molecule has 0 atom stereocenters. The summed E-state index contributed by atoms with van der Waals surface area (Å²) in [7, 11) is 0. The normalized spacial score (nSPS) is 11.3. The molecule has 0 amide bonds. The van der Waals surface area contributed by atoms with Crippen LogP contribution >= 0.6 is 0 Å². The zero-order valence-electron chi connectivity index (χ0n) is 17.2. The van der Waals surface area contributed by atoms with E-state index in [4.69, 9.17) is 0 Å². The fourth-order valence-electron chi connectivity index (χ4n) is 3.95. The fourth-order valence-corrected chi connectivity index (χ4v) is 3.95. The summed E-state index contributed by atoms with van der Waals surface area (Å²) in [6.07, 6.45) is 2.47. The lowest BCUT2D eigenvalue weighted by atomic mass is 9.96. The van der Waals surface area contributed by atoms with Crippen LogP contribution in [0.15, 0.2) is 66.7 Å². The maximum absolute atomic E-state index is 15.1. The third-order valence-corrected chi connectivity index (χ3v) is 5.56. The van der Waals surface area contributed by atoms with Crippen LogP contribution in [-0.4, -0.2) is 0 Å². The zero-order valence-corrected chi connectivity index (χ0v) is 17.2. The lowest BCUT2D eigenvalue weighted by molar-refractivity contribution is 0.585. The smallest absolute Gasteiger partial charge is 0.134 e. The van der Waals surface area contributed by atoms with Crippen LogP contribution in [0, 0.1) is 23.3 Å². The number of halogens is 4. The first kappa shape index (κ1) is 21.1. The molecule has 0 radical (unpaired) electrons. The van der Waals surface area contributed by atoms with Gasteiger partial charge in [0, 0.05) is 5.39 Å². The molecule has 0 aliphatic heterocycles. The Kier molecular flexibility index (Phi) is 6.08. The molecule has 0 bridgehead atoms. The minimum absolute atomic E-state index is 0.0949. The summed E-state index contributed by atoms with van der Waals surface area (Å²) in [6.45, 7) is 1.95. The van der Waals surface area contributed by atoms with Crippen LogP contribution in [0.3, 0.4) is 0 Å². The van der Waals surface area contributed by atoms with Crippen LogP contribution in [0.25, 0.3) is 21.9 Å². The van der Waals surface area contributed by atoms with E-state index in [0.29, 0.717) is 46.7 Å². The largest absolute Gasteiger partial charge is 0.207 e. The van der Waals surface area contributed by atoms with Gasteiger partial charge in [0.05, 0.1) is 5.56 Å². The molecule has 4 aromatic rings. The van der Waals surface area contributed by atoms with Gasteiger partial charge in [-0.05, 0) is 77.2 Å². The number of fused-ring (bicyclic) bond motifs is 1. The Morgan fingerprint density at radius 2 is 1.35 bits per heavy atom. The standard InChI is InChI=1S/C27H22F4/c1-2-3-18-14-24(29)26(25(30)15-18)21-10-13-23-20(16-21)9-8-19(27(23)31)7-4-17-5-11-22(28)12-6-17/h5-6,8-16H,2-4,7H2,1H3. The summed E-state index contributed by atoms with van der Waals surface area (Å²) >= 11 is 0. The highest BCUT2D eigenvalue weighted by Crippen LogP contribution is 2.32. The Balaban J connectivity index is 1.63. The highest BCUT2D eigenvalue weighted by Gasteiger charge is 2.15. The second-order valence-electron chi connectivity index (χ2n) is 7.79. The maximum atomic E-state index is 15.1. The number of hydrogen-bond donors (Lipinski definition) is 0. The number of benzene rings is 4. The molecule has 0 spiro atoms. The predicted octanol–water partition coefficient (Wildman–Crippen LogP) is 7.80. The van der Waals surface area contributed by atoms with Crippen molar-refractivity contribution in [1.82, 2.24) is 0 Å². The number of aryl methyl sites for hydroxylation is 3. The SMILES string of the molecule is CCCc1cc(F)c(-c2ccc3c(F)c(CCc4ccc(F)cc4)ccc3c2)c(F)c1. The van der Waals surface area contributed by atoms with Gasteiger partial charge in [-0.15, -0.1) is 0 Å². The summed E-state index contributed by atoms with van der Waals surface area (Å²) < 4.78 is 57.3. The first-order valence-electron chi connectivity index (χ1n) is 10.4. The molecule has 0 fully saturated rings. The van der Waals surface area contributed by atoms with E-state index in [0.717, 1.165) is 12.0 Å². The van der Waals surface area contributed by atoms with Gasteiger partial charge in [0.1, 0.15) is 23.3 Å². The van der Waals surface area contributed by atoms with E-state index in [1.807, 2.05) is 6.92 Å². The molecular formula is C27H22F4. The van der Waals surface area contributed by atoms with Crippen molar-refractivity contribution in [2.75, 3.05) is 0 Å². The molecule has 4 rings (SSSR count). The van der Waals surface area contributed by atoms with E-state index in [1.54, 1.807) is 42.5 Å². The summed E-state index contributed by atoms with van der Waals surface area (Å²) in [4.78, 5) is 0. The van der Waals surface area contributed by atoms with Gasteiger partial charge in [0.15, 0.2) is 0 Å². The molecule has 0 saturated heterocycles. The second-order valence-corrected chi connectivity index (χ2v) is 7.79. The van der Waals surface area contributed by atoms with Crippen LogP contribution in [-0.2, 0) is 19.3 Å². The van der Waals surface area contributed by atoms with E-state index < -0.39 is 11.6 Å². The average molecular weight is 422 g/mol. The predicted molar refractivity (Wildman–Crippen MR) is 117 cm³/mol. The van der Waals surface area contributed by atoms with Crippen molar-refractivity contribution in [2.24, 2.45) is 0 Å². The molecule has 31 heavy (non-hydrogen) atoms. The van der Waals surface area contributed by atoms with Crippen molar-refractivity contribution in [3.63, 3.8) is 0 Å². The minimum Gasteiger partial charge on any atom is -0.207 e. The summed E-state index contributed by atoms with van der Waals surface area (Å²) in [5.74, 6) is -1.87. The van der Waals surface area contributed by atoms with Crippen molar-refractivity contribution in [2.45, 2.75) is 32.6 Å². The first-order chi connectivity index (χ1) is 15.0. The molecule has 0 saturated carbocycles. The minimum atomic E-state index is -0.612. The molecule has 4 heteroatoms. The highest BCUT2D eigenvalue weighted by atomic mass is 19.1. The Hall–Kier alpha value is -3.14. The fraction of sp³-hybridized carbons (Fsp3) is 0.185. The van der Waals surface area contributed by atoms with Gasteiger partial charge in [-0.2, -0.15) is 0 Å². The molecule has 0 aliphatic carbocycles. The summed E-state index contributed by atoms with van der Waals surface area (Å²) in [6, 6.07) is 17.1. The van der Waals surface area contributed by atoms with Gasteiger partial charge in [0.2, 0.25) is 0 Å². The van der Waals surface area contributed by atoms with E-state index in [9.17, 15) is 13.2 Å². The Morgan fingerprint density at radius 3 is 2.03 bits per heavy atom. The van der Waals surface area contributed by atoms with E-state index in [2.05, 4.69) is 0 Å². The topological polar surface area (TPSA) is 0 Å². The molecule has 0 nitrogen and oxygen atoms in total. The van der Waals surface area contributed by atoms with Gasteiger partial charge < -0.3 is 0 Å². The van der Waals surface area contributed by atoms with Gasteiger partial charge in [-0.25, -0.2) is 17.6 Å². The molecule has 158 valence electrons. The van der Waals surface area contributed by atoms with Gasteiger partial charge in [-0.3, -0.25) is 0 Å². The lowest BCUT2D eigenvalue weighted by Crippen LogP contribution is -1.97. The summed E-state index contributed by atoms with van der Waals surface area (Å²) in [5, 5.41) is 0.987. The van der Waals surface area contributed by atoms with Crippen LogP contribution < -0.4 is 0 Å². The van der Waals surface area contributed by atoms with Gasteiger partial charge in [0.25, 0.3) is 0 Å². The van der Waals surface area contributed by atoms with Crippen molar-refractivity contribution >= 4 is 10.8 Å². The van der Waals surface area contributed by atoms with E-state index in [-0.39, 0.29) is 17.2 Å². The second kappa shape index (κ2) is 8.93. The van der Waals surface area contributed by atoms with E-state index >= 15 is 4.39 Å². The van der Waals surface area contributed by atoms with Crippen LogP contribution in [0.5, 0.6) is 0 Å². The van der Waals surface area contributed by atoms with Gasteiger partial charge in [-0.1, -0.05) is 49.7 Å². The Bertz CT molecular complexity index is 1200. The number of hydrogen-bond acceptors (Lipinski definition) is 0. The highest BCUT2D eigenvalue weighted by molar-refractivity contribution is 5.88. The average Bonchev–Trinajstić information content (AvgIpc) is 2.74. The molecule has 0 aromatic heterocycles. The van der Waals surface area contributed by atoms with Gasteiger partial charge >= 0.3 is 0 Å². The summed E-state index contributed by atoms with van der Waals surface area (Å²) in [5.41, 5.74) is 2.38. The molecule has 0 N–H and O–H groups in total. The van der Waals surface area contributed by atoms with E-state index in [1.165, 1.54) is 24.3 Å². The Labute approximate surface area is 179 Å². The van der Waals surface area contributed by atoms with Crippen molar-refractivity contribution in [3.05, 3.63) is 107 Å². The third kappa shape index (κ3) is 4.48. The monoisotopic (exact) mass is 422 g/mol. The van der Waals surface area contributed by atoms with Crippen LogP contribution in [0.1, 0.15) is 30.0 Å². The Morgan fingerprint density at radius 1 is 0.645 bits per heavy atom. The zero-order chi connectivity index (χ0) is 22.0. The molecule has 4 aromatic carbocycles. The number of rotatable bonds is 6. The molecule has 0 aliphatic rings. The molecular weight excluding hydrogens is 400 g/mol. The molecule has 0 unspecified atom stereocenters. The van der Waals surface area contributed by atoms with Crippen LogP contribution in [0.2, 0.25) is 0 Å². The molecule has 0 heterocycles. The van der Waals surface area contributed by atoms with Crippen LogP contribution in [0.4, 0.5) is 17.6 Å². The first-order valence-corrected chi connectivity index (χ1v) is 10.4. The van der Waals surface area contributed by atoms with Crippen molar-refractivity contribution < 1.29 is 17.6 Å². The van der Waals surface area contributed by atoms with Crippen molar-refractivity contribution in [1.29, 1.82) is 0 Å².